The van der Waals surface area contributed by atoms with Crippen molar-refractivity contribution >= 4 is 35.1 Å². The number of amides is 1. The monoisotopic (exact) mass is 477 g/mol. The number of allylic oxidation sites excluding steroid dienone is 1. The van der Waals surface area contributed by atoms with E-state index in [0.717, 1.165) is 12.1 Å². The van der Waals surface area contributed by atoms with Crippen molar-refractivity contribution in [3.63, 3.8) is 0 Å². The molecule has 3 rings (SSSR count). The van der Waals surface area contributed by atoms with Gasteiger partial charge in [-0.1, -0.05) is 30.3 Å². The maximum Gasteiger partial charge on any atom is 0.416 e. The molecule has 1 saturated heterocycles. The van der Waals surface area contributed by atoms with Crippen molar-refractivity contribution in [2.45, 2.75) is 19.0 Å². The molecule has 0 spiro atoms. The zero-order chi connectivity index (χ0) is 24.0. The predicted octanol–water partition coefficient (Wildman–Crippen LogP) is 5.66. The van der Waals surface area contributed by atoms with Crippen LogP contribution in [-0.2, 0) is 15.7 Å². The van der Waals surface area contributed by atoms with Crippen LogP contribution in [0.4, 0.5) is 18.9 Å². The Morgan fingerprint density at radius 1 is 1.18 bits per heavy atom. The summed E-state index contributed by atoms with van der Waals surface area (Å²) in [5.74, 6) is -0.589. The van der Waals surface area contributed by atoms with Gasteiger partial charge in [0.1, 0.15) is 5.82 Å². The van der Waals surface area contributed by atoms with Crippen LogP contribution in [0.25, 0.3) is 5.70 Å². The second-order valence-electron chi connectivity index (χ2n) is 7.43. The minimum absolute atomic E-state index is 0.0568. The Labute approximate surface area is 195 Å². The van der Waals surface area contributed by atoms with Crippen LogP contribution in [0.5, 0.6) is 0 Å². The Hall–Kier alpha value is -3.10. The lowest BCUT2D eigenvalue weighted by molar-refractivity contribution is -0.137. The molecule has 1 heterocycles. The highest BCUT2D eigenvalue weighted by Crippen LogP contribution is 2.32. The molecule has 9 heteroatoms. The van der Waals surface area contributed by atoms with E-state index in [1.165, 1.54) is 29.3 Å². The van der Waals surface area contributed by atoms with E-state index in [0.29, 0.717) is 42.3 Å². The van der Waals surface area contributed by atoms with E-state index in [-0.39, 0.29) is 23.3 Å². The highest BCUT2D eigenvalue weighted by Gasteiger charge is 2.32. The van der Waals surface area contributed by atoms with Crippen molar-refractivity contribution in [1.82, 2.24) is 0 Å². The number of alkyl halides is 3. The fourth-order valence-corrected chi connectivity index (χ4v) is 3.55. The van der Waals surface area contributed by atoms with Crippen LogP contribution in [-0.4, -0.2) is 25.3 Å². The molecule has 2 aromatic carbocycles. The average molecular weight is 478 g/mol. The number of carbonyl (C=O) groups is 1. The van der Waals surface area contributed by atoms with Crippen molar-refractivity contribution in [1.29, 1.82) is 0 Å². The lowest BCUT2D eigenvalue weighted by atomic mass is 9.98. The molecule has 1 aliphatic heterocycles. The summed E-state index contributed by atoms with van der Waals surface area (Å²) in [7, 11) is 0. The summed E-state index contributed by atoms with van der Waals surface area (Å²) in [4.78, 5) is 18.7. The number of benzene rings is 2. The number of nitrogens with zero attached hydrogens (tertiary/aromatic N) is 2. The second kappa shape index (κ2) is 10.7. The summed E-state index contributed by atoms with van der Waals surface area (Å²) in [5.41, 5.74) is 6.57. The first kappa shape index (κ1) is 24.5. The number of rotatable bonds is 6. The molecule has 1 amide bonds. The first-order valence-electron chi connectivity index (χ1n) is 10.2. The van der Waals surface area contributed by atoms with E-state index in [1.807, 2.05) is 0 Å². The van der Waals surface area contributed by atoms with E-state index >= 15 is 0 Å². The third-order valence-electron chi connectivity index (χ3n) is 5.14. The van der Waals surface area contributed by atoms with Crippen LogP contribution in [0.3, 0.4) is 0 Å². The first-order chi connectivity index (χ1) is 15.7. The van der Waals surface area contributed by atoms with Crippen molar-refractivity contribution in [2.75, 3.05) is 18.1 Å². The molecule has 2 N–H and O–H groups in total. The molecule has 1 fully saturated rings. The molecule has 33 heavy (non-hydrogen) atoms. The second-order valence-corrected chi connectivity index (χ2v) is 7.87. The standard InChI is InChI=1S/C24H23ClF3N3O2/c1-16(30-12-9-22(29)18-3-2-4-20(25)15-18)31(23(32)17-10-13-33-14-11-17)21-7-5-19(6-8-21)24(26,27)28/h2-9,12,15,17H,1,10-11,13-14,29H2/b22-9-,30-12?. The van der Waals surface area contributed by atoms with Gasteiger partial charge in [0.25, 0.3) is 0 Å². The SMILES string of the molecule is C=C(N=C/C=C(\N)c1cccc(Cl)c1)N(C(=O)C1CCOCC1)c1ccc(C(F)(F)F)cc1. The quantitative estimate of drug-likeness (QED) is 0.546. The van der Waals surface area contributed by atoms with Gasteiger partial charge in [0.2, 0.25) is 5.91 Å². The number of anilines is 1. The minimum atomic E-state index is -4.48. The van der Waals surface area contributed by atoms with Crippen LogP contribution >= 0.6 is 11.6 Å². The molecule has 0 unspecified atom stereocenters. The number of ether oxygens (including phenoxy) is 1. The number of nitrogens with two attached hydrogens (primary N) is 1. The molecule has 174 valence electrons. The third-order valence-corrected chi connectivity index (χ3v) is 5.37. The van der Waals surface area contributed by atoms with Gasteiger partial charge in [-0.15, -0.1) is 0 Å². The predicted molar refractivity (Wildman–Crippen MR) is 124 cm³/mol. The van der Waals surface area contributed by atoms with Gasteiger partial charge >= 0.3 is 6.18 Å². The largest absolute Gasteiger partial charge is 0.416 e. The van der Waals surface area contributed by atoms with Gasteiger partial charge in [0, 0.05) is 36.1 Å². The van der Waals surface area contributed by atoms with Crippen LogP contribution < -0.4 is 10.6 Å². The Kier molecular flexibility index (Phi) is 7.94. The average Bonchev–Trinajstić information content (AvgIpc) is 2.79. The molecule has 0 saturated carbocycles. The number of hydrogen-bond donors (Lipinski definition) is 1. The molecule has 0 atom stereocenters. The fraction of sp³-hybridized carbons (Fsp3) is 0.250. The number of halogens is 4. The minimum Gasteiger partial charge on any atom is -0.398 e. The van der Waals surface area contributed by atoms with Gasteiger partial charge < -0.3 is 10.5 Å². The van der Waals surface area contributed by atoms with Gasteiger partial charge in [-0.05, 0) is 60.9 Å². The molecule has 0 radical (unpaired) electrons. The molecule has 0 bridgehead atoms. The maximum absolute atomic E-state index is 13.2. The van der Waals surface area contributed by atoms with Gasteiger partial charge in [-0.25, -0.2) is 4.99 Å². The molecule has 2 aromatic rings. The number of carbonyl (C=O) groups excluding carboxylic acids is 1. The van der Waals surface area contributed by atoms with Gasteiger partial charge in [-0.2, -0.15) is 13.2 Å². The Morgan fingerprint density at radius 3 is 2.45 bits per heavy atom. The van der Waals surface area contributed by atoms with Crippen LogP contribution in [0.15, 0.2) is 72.0 Å². The summed E-state index contributed by atoms with van der Waals surface area (Å²) in [6.07, 6.45) is -0.553. The zero-order valence-corrected chi connectivity index (χ0v) is 18.4. The molecule has 0 aliphatic carbocycles. The topological polar surface area (TPSA) is 67.9 Å². The molecule has 1 aliphatic rings. The Bertz CT molecular complexity index is 1060. The third kappa shape index (κ3) is 6.46. The van der Waals surface area contributed by atoms with E-state index in [1.54, 1.807) is 24.3 Å². The van der Waals surface area contributed by atoms with Gasteiger partial charge in [-0.3, -0.25) is 9.69 Å². The summed E-state index contributed by atoms with van der Waals surface area (Å²) in [6, 6.07) is 11.3. The lowest BCUT2D eigenvalue weighted by Crippen LogP contribution is -2.37. The Morgan fingerprint density at radius 2 is 1.85 bits per heavy atom. The van der Waals surface area contributed by atoms with E-state index in [9.17, 15) is 18.0 Å². The fourth-order valence-electron chi connectivity index (χ4n) is 3.36. The van der Waals surface area contributed by atoms with Crippen molar-refractivity contribution in [2.24, 2.45) is 16.6 Å². The number of hydrogen-bond acceptors (Lipinski definition) is 4. The van der Waals surface area contributed by atoms with Crippen LogP contribution in [0.2, 0.25) is 5.02 Å². The molecule has 0 aromatic heterocycles. The lowest BCUT2D eigenvalue weighted by Gasteiger charge is -2.29. The molecule has 5 nitrogen and oxygen atoms in total. The van der Waals surface area contributed by atoms with Crippen LogP contribution in [0.1, 0.15) is 24.0 Å². The summed E-state index contributed by atoms with van der Waals surface area (Å²) in [6.45, 7) is 4.74. The Balaban J connectivity index is 1.86. The van der Waals surface area contributed by atoms with E-state index in [4.69, 9.17) is 22.1 Å². The summed E-state index contributed by atoms with van der Waals surface area (Å²) >= 11 is 5.98. The first-order valence-corrected chi connectivity index (χ1v) is 10.6. The van der Waals surface area contributed by atoms with Crippen LogP contribution in [0, 0.1) is 5.92 Å². The number of aliphatic imine (C=N–C) groups is 1. The maximum atomic E-state index is 13.2. The normalized spacial score (nSPS) is 15.6. The van der Waals surface area contributed by atoms with E-state index in [2.05, 4.69) is 11.6 Å². The summed E-state index contributed by atoms with van der Waals surface area (Å²) in [5, 5.41) is 0.528. The zero-order valence-electron chi connectivity index (χ0n) is 17.7. The van der Waals surface area contributed by atoms with Crippen molar-refractivity contribution in [3.05, 3.63) is 83.2 Å². The van der Waals surface area contributed by atoms with Crippen molar-refractivity contribution in [3.8, 4) is 0 Å². The smallest absolute Gasteiger partial charge is 0.398 e. The summed E-state index contributed by atoms with van der Waals surface area (Å²) < 4.78 is 44.2. The van der Waals surface area contributed by atoms with E-state index < -0.39 is 11.7 Å². The highest BCUT2D eigenvalue weighted by molar-refractivity contribution is 6.30. The van der Waals surface area contributed by atoms with Gasteiger partial charge in [0.15, 0.2) is 0 Å². The molecular weight excluding hydrogens is 455 g/mol. The van der Waals surface area contributed by atoms with Gasteiger partial charge in [0.05, 0.1) is 11.3 Å². The highest BCUT2D eigenvalue weighted by atomic mass is 35.5. The molecular formula is C24H23ClF3N3O2. The van der Waals surface area contributed by atoms with Crippen molar-refractivity contribution < 1.29 is 22.7 Å².